The summed E-state index contributed by atoms with van der Waals surface area (Å²) in [6, 6.07) is 40.5. The number of carbonyl (C=O) groups excluding carboxylic acids is 2. The van der Waals surface area contributed by atoms with Crippen LogP contribution in [-0.2, 0) is 9.53 Å². The number of nitrogens with zero attached hydrogens (tertiary/aromatic N) is 1. The SMILES string of the molecule is COc1ccc(C=Cc2ccc(N(c3ccc(C)cc3)c3ccc(C=Cc4ccc(OC(=O)OCC(C)=O)cc4)cc3)cc2)cc1. The van der Waals surface area contributed by atoms with E-state index in [1.54, 1.807) is 19.2 Å². The molecule has 0 aliphatic rings. The number of anilines is 3. The Kier molecular flexibility index (Phi) is 10.4. The van der Waals surface area contributed by atoms with Crippen molar-refractivity contribution in [1.82, 2.24) is 0 Å². The first-order chi connectivity index (χ1) is 22.4. The van der Waals surface area contributed by atoms with Gasteiger partial charge in [0, 0.05) is 17.1 Å². The number of ether oxygens (including phenoxy) is 3. The summed E-state index contributed by atoms with van der Waals surface area (Å²) >= 11 is 0. The van der Waals surface area contributed by atoms with Crippen molar-refractivity contribution in [2.75, 3.05) is 18.6 Å². The summed E-state index contributed by atoms with van der Waals surface area (Å²) in [7, 11) is 1.67. The normalized spacial score (nSPS) is 11.0. The second kappa shape index (κ2) is 15.2. The molecule has 6 heteroatoms. The minimum Gasteiger partial charge on any atom is -0.497 e. The van der Waals surface area contributed by atoms with E-state index in [2.05, 4.69) is 96.8 Å². The van der Waals surface area contributed by atoms with E-state index in [4.69, 9.17) is 14.2 Å². The molecule has 0 saturated carbocycles. The fourth-order valence-electron chi connectivity index (χ4n) is 4.64. The van der Waals surface area contributed by atoms with Crippen molar-refractivity contribution in [2.24, 2.45) is 0 Å². The van der Waals surface area contributed by atoms with E-state index in [9.17, 15) is 9.59 Å². The van der Waals surface area contributed by atoms with Crippen molar-refractivity contribution in [1.29, 1.82) is 0 Å². The van der Waals surface area contributed by atoms with Crippen molar-refractivity contribution in [3.05, 3.63) is 149 Å². The number of carbonyl (C=O) groups is 2. The molecule has 0 spiro atoms. The van der Waals surface area contributed by atoms with E-state index in [1.807, 2.05) is 48.6 Å². The minimum absolute atomic E-state index is 0.253. The molecule has 0 saturated heterocycles. The second-order valence-electron chi connectivity index (χ2n) is 10.7. The molecule has 230 valence electrons. The second-order valence-corrected chi connectivity index (χ2v) is 10.7. The average molecular weight is 610 g/mol. The van der Waals surface area contributed by atoms with E-state index in [0.29, 0.717) is 5.75 Å². The summed E-state index contributed by atoms with van der Waals surface area (Å²) in [4.78, 5) is 24.9. The van der Waals surface area contributed by atoms with Crippen LogP contribution >= 0.6 is 0 Å². The predicted molar refractivity (Wildman–Crippen MR) is 186 cm³/mol. The van der Waals surface area contributed by atoms with Gasteiger partial charge in [0.05, 0.1) is 7.11 Å². The molecule has 0 amide bonds. The molecule has 0 N–H and O–H groups in total. The number of rotatable bonds is 11. The van der Waals surface area contributed by atoms with Crippen LogP contribution in [0.15, 0.2) is 121 Å². The fraction of sp³-hybridized carbons (Fsp3) is 0.100. The number of hydrogen-bond donors (Lipinski definition) is 0. The molecule has 0 bridgehead atoms. The highest BCUT2D eigenvalue weighted by atomic mass is 16.7. The van der Waals surface area contributed by atoms with Crippen molar-refractivity contribution in [3.63, 3.8) is 0 Å². The maximum Gasteiger partial charge on any atom is 0.514 e. The molecule has 0 atom stereocenters. The van der Waals surface area contributed by atoms with E-state index in [0.717, 1.165) is 45.1 Å². The van der Waals surface area contributed by atoms with Crippen LogP contribution in [0.5, 0.6) is 11.5 Å². The molecule has 5 aromatic rings. The molecule has 5 rings (SSSR count). The van der Waals surface area contributed by atoms with E-state index in [-0.39, 0.29) is 12.4 Å². The molecule has 0 heterocycles. The lowest BCUT2D eigenvalue weighted by Gasteiger charge is -2.26. The maximum absolute atomic E-state index is 11.7. The van der Waals surface area contributed by atoms with Crippen LogP contribution in [0.3, 0.4) is 0 Å². The molecule has 0 unspecified atom stereocenters. The first-order valence-corrected chi connectivity index (χ1v) is 14.9. The smallest absolute Gasteiger partial charge is 0.497 e. The van der Waals surface area contributed by atoms with Gasteiger partial charge in [0.15, 0.2) is 12.4 Å². The van der Waals surface area contributed by atoms with Crippen LogP contribution in [0.4, 0.5) is 21.9 Å². The van der Waals surface area contributed by atoms with Gasteiger partial charge >= 0.3 is 6.16 Å². The molecular formula is C40H35NO5. The summed E-state index contributed by atoms with van der Waals surface area (Å²) in [5.74, 6) is 0.929. The Bertz CT molecular complexity index is 1800. The van der Waals surface area contributed by atoms with E-state index in [1.165, 1.54) is 12.5 Å². The highest BCUT2D eigenvalue weighted by molar-refractivity contribution is 5.80. The van der Waals surface area contributed by atoms with E-state index < -0.39 is 6.16 Å². The molecule has 6 nitrogen and oxygen atoms in total. The van der Waals surface area contributed by atoms with Gasteiger partial charge in [-0.05, 0) is 96.8 Å². The molecule has 0 aliphatic heterocycles. The van der Waals surface area contributed by atoms with Crippen molar-refractivity contribution in [2.45, 2.75) is 13.8 Å². The van der Waals surface area contributed by atoms with Crippen LogP contribution in [0, 0.1) is 6.92 Å². The Hall–Kier alpha value is -5.88. The number of Topliss-reactive ketones (excluding diaryl/α,β-unsaturated/α-hetero) is 1. The lowest BCUT2D eigenvalue weighted by atomic mass is 10.1. The van der Waals surface area contributed by atoms with Crippen LogP contribution in [0.25, 0.3) is 24.3 Å². The van der Waals surface area contributed by atoms with Crippen LogP contribution in [0.2, 0.25) is 0 Å². The molecule has 46 heavy (non-hydrogen) atoms. The predicted octanol–water partition coefficient (Wildman–Crippen LogP) is 9.92. The largest absolute Gasteiger partial charge is 0.514 e. The molecule has 0 aliphatic carbocycles. The number of methoxy groups -OCH3 is 1. The quantitative estimate of drug-likeness (QED) is 0.0844. The van der Waals surface area contributed by atoms with Gasteiger partial charge in [-0.25, -0.2) is 4.79 Å². The van der Waals surface area contributed by atoms with Crippen LogP contribution < -0.4 is 14.4 Å². The minimum atomic E-state index is -0.907. The van der Waals surface area contributed by atoms with Crippen molar-refractivity contribution in [3.8, 4) is 11.5 Å². The topological polar surface area (TPSA) is 65.1 Å². The highest BCUT2D eigenvalue weighted by Gasteiger charge is 2.12. The van der Waals surface area contributed by atoms with Gasteiger partial charge in [-0.1, -0.05) is 90.5 Å². The zero-order chi connectivity index (χ0) is 32.3. The fourth-order valence-corrected chi connectivity index (χ4v) is 4.64. The standard InChI is InChI=1S/C40H35NO5/c1-29-4-18-35(19-5-29)41(36-20-10-31(11-21-36)6-8-33-14-24-38(44-3)25-15-33)37-22-12-32(13-23-37)7-9-34-16-26-39(27-17-34)46-40(43)45-28-30(2)42/h4-27H,28H2,1-3H3. The number of benzene rings is 5. The summed E-state index contributed by atoms with van der Waals surface area (Å²) in [5, 5.41) is 0. The van der Waals surface area contributed by atoms with Gasteiger partial charge in [0.25, 0.3) is 0 Å². The van der Waals surface area contributed by atoms with Gasteiger partial charge in [0.1, 0.15) is 11.5 Å². The molecule has 0 radical (unpaired) electrons. The van der Waals surface area contributed by atoms with Crippen molar-refractivity contribution >= 4 is 53.3 Å². The Morgan fingerprint density at radius 2 is 0.935 bits per heavy atom. The number of hydrogen-bond acceptors (Lipinski definition) is 6. The zero-order valence-corrected chi connectivity index (χ0v) is 26.1. The number of ketones is 1. The van der Waals surface area contributed by atoms with Gasteiger partial charge in [0.2, 0.25) is 0 Å². The van der Waals surface area contributed by atoms with Crippen LogP contribution in [-0.4, -0.2) is 25.7 Å². The molecule has 5 aromatic carbocycles. The number of aryl methyl sites for hydroxylation is 1. The Morgan fingerprint density at radius 1 is 0.565 bits per heavy atom. The van der Waals surface area contributed by atoms with Crippen LogP contribution in [0.1, 0.15) is 34.7 Å². The monoisotopic (exact) mass is 609 g/mol. The van der Waals surface area contributed by atoms with Gasteiger partial charge in [-0.2, -0.15) is 0 Å². The summed E-state index contributed by atoms with van der Waals surface area (Å²) in [6.45, 7) is 3.12. The lowest BCUT2D eigenvalue weighted by molar-refractivity contribution is -0.120. The highest BCUT2D eigenvalue weighted by Crippen LogP contribution is 2.35. The van der Waals surface area contributed by atoms with Gasteiger partial charge in [-0.15, -0.1) is 0 Å². The third kappa shape index (κ3) is 8.83. The van der Waals surface area contributed by atoms with Crippen molar-refractivity contribution < 1.29 is 23.8 Å². The Labute approximate surface area is 269 Å². The molecule has 0 aromatic heterocycles. The summed E-state index contributed by atoms with van der Waals surface area (Å²) < 4.78 is 15.1. The first-order valence-electron chi connectivity index (χ1n) is 14.9. The maximum atomic E-state index is 11.7. The van der Waals surface area contributed by atoms with E-state index >= 15 is 0 Å². The third-order valence-corrected chi connectivity index (χ3v) is 7.12. The zero-order valence-electron chi connectivity index (χ0n) is 26.1. The first kappa shape index (κ1) is 31.5. The Balaban J connectivity index is 1.29. The molecule has 0 fully saturated rings. The third-order valence-electron chi connectivity index (χ3n) is 7.12. The summed E-state index contributed by atoms with van der Waals surface area (Å²) in [5.41, 5.74) is 8.57. The molecular weight excluding hydrogens is 574 g/mol. The summed E-state index contributed by atoms with van der Waals surface area (Å²) in [6.07, 6.45) is 7.31. The average Bonchev–Trinajstić information content (AvgIpc) is 3.08. The van der Waals surface area contributed by atoms with Gasteiger partial charge in [-0.3, -0.25) is 4.79 Å². The lowest BCUT2D eigenvalue weighted by Crippen LogP contribution is -2.14. The van der Waals surface area contributed by atoms with Gasteiger partial charge < -0.3 is 19.1 Å². The Morgan fingerprint density at radius 3 is 1.33 bits per heavy atom.